The van der Waals surface area contributed by atoms with E-state index in [-0.39, 0.29) is 6.10 Å². The van der Waals surface area contributed by atoms with Crippen molar-refractivity contribution in [2.75, 3.05) is 73.2 Å². The number of nitrogens with zero attached hydrogens (tertiary/aromatic N) is 2. The maximum absolute atomic E-state index is 9.94. The predicted octanol–water partition coefficient (Wildman–Crippen LogP) is -0.764. The van der Waals surface area contributed by atoms with Crippen LogP contribution in [0.3, 0.4) is 0 Å². The summed E-state index contributed by atoms with van der Waals surface area (Å²) in [6.07, 6.45) is -0.414. The van der Waals surface area contributed by atoms with Crippen molar-refractivity contribution in [3.8, 4) is 0 Å². The van der Waals surface area contributed by atoms with E-state index in [1.165, 1.54) is 0 Å². The quantitative estimate of drug-likeness (QED) is 0.551. The third-order valence-electron chi connectivity index (χ3n) is 3.50. The molecule has 1 rings (SSSR count). The molecule has 1 fully saturated rings. The summed E-state index contributed by atoms with van der Waals surface area (Å²) in [6.45, 7) is 9.96. The average Bonchev–Trinajstić information content (AvgIpc) is 2.44. The molecule has 20 heavy (non-hydrogen) atoms. The van der Waals surface area contributed by atoms with Crippen LogP contribution in [0.5, 0.6) is 0 Å². The van der Waals surface area contributed by atoms with Crippen molar-refractivity contribution in [2.24, 2.45) is 0 Å². The summed E-state index contributed by atoms with van der Waals surface area (Å²) in [5.74, 6) is 0. The largest absolute Gasteiger partial charge is 0.389 e. The molecule has 1 heterocycles. The van der Waals surface area contributed by atoms with Crippen LogP contribution in [0.4, 0.5) is 0 Å². The number of ether oxygens (including phenoxy) is 2. The van der Waals surface area contributed by atoms with Gasteiger partial charge in [0.15, 0.2) is 0 Å². The summed E-state index contributed by atoms with van der Waals surface area (Å²) >= 11 is 0. The number of aliphatic hydroxyl groups is 1. The van der Waals surface area contributed by atoms with Gasteiger partial charge in [0.25, 0.3) is 0 Å². The van der Waals surface area contributed by atoms with E-state index >= 15 is 0 Å². The van der Waals surface area contributed by atoms with Gasteiger partial charge in [0.05, 0.1) is 25.4 Å². The van der Waals surface area contributed by atoms with Crippen LogP contribution in [-0.4, -0.2) is 100 Å². The molecular formula is C14H31N3O3. The number of rotatable bonds is 10. The molecule has 6 heteroatoms. The number of nitrogens with one attached hydrogen (secondary N) is 1. The Morgan fingerprint density at radius 1 is 1.30 bits per heavy atom. The Balaban J connectivity index is 2.06. The van der Waals surface area contributed by atoms with Crippen LogP contribution in [0.15, 0.2) is 0 Å². The summed E-state index contributed by atoms with van der Waals surface area (Å²) in [6, 6.07) is 0. The normalized spacial score (nSPS) is 20.2. The highest BCUT2D eigenvalue weighted by Crippen LogP contribution is 1.98. The Bertz CT molecular complexity index is 238. The standard InChI is InChI=1S/C14H31N3O3/c1-13(11-19-3)20-12-14(18)10-16(2)8-9-17-6-4-15-5-7-17/h13-15,18H,4-12H2,1-3H3. The predicted molar refractivity (Wildman–Crippen MR) is 80.1 cm³/mol. The van der Waals surface area contributed by atoms with Crippen molar-refractivity contribution in [2.45, 2.75) is 19.1 Å². The summed E-state index contributed by atoms with van der Waals surface area (Å²) < 4.78 is 10.5. The molecule has 1 aliphatic heterocycles. The lowest BCUT2D eigenvalue weighted by Crippen LogP contribution is -2.46. The molecule has 1 aliphatic rings. The van der Waals surface area contributed by atoms with Crippen molar-refractivity contribution in [3.63, 3.8) is 0 Å². The minimum absolute atomic E-state index is 0.0285. The van der Waals surface area contributed by atoms with E-state index in [0.717, 1.165) is 39.3 Å². The minimum Gasteiger partial charge on any atom is -0.389 e. The molecule has 2 atom stereocenters. The van der Waals surface area contributed by atoms with Gasteiger partial charge in [0, 0.05) is 52.9 Å². The highest BCUT2D eigenvalue weighted by molar-refractivity contribution is 4.69. The molecule has 2 unspecified atom stereocenters. The van der Waals surface area contributed by atoms with Gasteiger partial charge in [0.1, 0.15) is 0 Å². The fraction of sp³-hybridized carbons (Fsp3) is 1.00. The van der Waals surface area contributed by atoms with Crippen molar-refractivity contribution in [1.82, 2.24) is 15.1 Å². The summed E-state index contributed by atoms with van der Waals surface area (Å²) in [7, 11) is 3.70. The molecule has 6 nitrogen and oxygen atoms in total. The first-order chi connectivity index (χ1) is 9.61. The van der Waals surface area contributed by atoms with E-state index < -0.39 is 6.10 Å². The van der Waals surface area contributed by atoms with Crippen LogP contribution in [0.2, 0.25) is 0 Å². The zero-order valence-corrected chi connectivity index (χ0v) is 13.2. The lowest BCUT2D eigenvalue weighted by Gasteiger charge is -2.29. The first-order valence-corrected chi connectivity index (χ1v) is 7.52. The Labute approximate surface area is 123 Å². The molecule has 0 bridgehead atoms. The second-order valence-corrected chi connectivity index (χ2v) is 5.61. The maximum Gasteiger partial charge on any atom is 0.0900 e. The molecule has 120 valence electrons. The second kappa shape index (κ2) is 10.5. The maximum atomic E-state index is 9.94. The van der Waals surface area contributed by atoms with Crippen LogP contribution < -0.4 is 5.32 Å². The smallest absolute Gasteiger partial charge is 0.0900 e. The van der Waals surface area contributed by atoms with Crippen LogP contribution in [-0.2, 0) is 9.47 Å². The van der Waals surface area contributed by atoms with E-state index in [4.69, 9.17) is 9.47 Å². The summed E-state index contributed by atoms with van der Waals surface area (Å²) in [4.78, 5) is 4.62. The molecule has 0 radical (unpaired) electrons. The SMILES string of the molecule is COCC(C)OCC(O)CN(C)CCN1CCNCC1. The number of hydrogen-bond acceptors (Lipinski definition) is 6. The molecule has 0 aromatic carbocycles. The number of methoxy groups -OCH3 is 1. The number of likely N-dealkylation sites (N-methyl/N-ethyl adjacent to an activating group) is 1. The molecule has 0 aromatic rings. The Hall–Kier alpha value is -0.240. The number of aliphatic hydroxyl groups excluding tert-OH is 1. The van der Waals surface area contributed by atoms with Crippen molar-refractivity contribution >= 4 is 0 Å². The molecule has 0 saturated carbocycles. The molecule has 0 aromatic heterocycles. The third-order valence-corrected chi connectivity index (χ3v) is 3.50. The molecule has 2 N–H and O–H groups in total. The fourth-order valence-electron chi connectivity index (χ4n) is 2.31. The first kappa shape index (κ1) is 17.8. The zero-order chi connectivity index (χ0) is 14.8. The Kier molecular flexibility index (Phi) is 9.33. The van der Waals surface area contributed by atoms with Crippen LogP contribution in [0, 0.1) is 0 Å². The van der Waals surface area contributed by atoms with Gasteiger partial charge in [-0.05, 0) is 14.0 Å². The molecule has 0 amide bonds. The Morgan fingerprint density at radius 3 is 2.65 bits per heavy atom. The van der Waals surface area contributed by atoms with Gasteiger partial charge >= 0.3 is 0 Å². The first-order valence-electron chi connectivity index (χ1n) is 7.52. The van der Waals surface area contributed by atoms with Gasteiger partial charge in [-0.1, -0.05) is 0 Å². The van der Waals surface area contributed by atoms with Crippen LogP contribution >= 0.6 is 0 Å². The monoisotopic (exact) mass is 289 g/mol. The van der Waals surface area contributed by atoms with E-state index in [0.29, 0.717) is 19.8 Å². The van der Waals surface area contributed by atoms with Crippen LogP contribution in [0.1, 0.15) is 6.92 Å². The van der Waals surface area contributed by atoms with E-state index in [9.17, 15) is 5.11 Å². The molecule has 0 spiro atoms. The third kappa shape index (κ3) is 8.14. The average molecular weight is 289 g/mol. The van der Waals surface area contributed by atoms with E-state index in [1.54, 1.807) is 7.11 Å². The number of hydrogen-bond donors (Lipinski definition) is 2. The second-order valence-electron chi connectivity index (χ2n) is 5.61. The van der Waals surface area contributed by atoms with Gasteiger partial charge < -0.3 is 24.8 Å². The molecule has 0 aliphatic carbocycles. The topological polar surface area (TPSA) is 57.2 Å². The van der Waals surface area contributed by atoms with Crippen molar-refractivity contribution < 1.29 is 14.6 Å². The molecular weight excluding hydrogens is 258 g/mol. The van der Waals surface area contributed by atoms with Gasteiger partial charge in [-0.25, -0.2) is 0 Å². The summed E-state index contributed by atoms with van der Waals surface area (Å²) in [5, 5.41) is 13.3. The van der Waals surface area contributed by atoms with Gasteiger partial charge in [-0.2, -0.15) is 0 Å². The Morgan fingerprint density at radius 2 is 2.00 bits per heavy atom. The van der Waals surface area contributed by atoms with E-state index in [1.807, 2.05) is 14.0 Å². The zero-order valence-electron chi connectivity index (χ0n) is 13.2. The highest BCUT2D eigenvalue weighted by Gasteiger charge is 2.13. The number of piperazine rings is 1. The lowest BCUT2D eigenvalue weighted by atomic mass is 10.3. The lowest BCUT2D eigenvalue weighted by molar-refractivity contribution is -0.0384. The minimum atomic E-state index is -0.442. The van der Waals surface area contributed by atoms with E-state index in [2.05, 4.69) is 15.1 Å². The summed E-state index contributed by atoms with van der Waals surface area (Å²) in [5.41, 5.74) is 0. The van der Waals surface area contributed by atoms with Gasteiger partial charge in [-0.3, -0.25) is 4.90 Å². The van der Waals surface area contributed by atoms with Crippen molar-refractivity contribution in [1.29, 1.82) is 0 Å². The molecule has 1 saturated heterocycles. The highest BCUT2D eigenvalue weighted by atomic mass is 16.5. The van der Waals surface area contributed by atoms with Crippen molar-refractivity contribution in [3.05, 3.63) is 0 Å². The van der Waals surface area contributed by atoms with Crippen LogP contribution in [0.25, 0.3) is 0 Å². The van der Waals surface area contributed by atoms with Gasteiger partial charge in [0.2, 0.25) is 0 Å². The fourth-order valence-corrected chi connectivity index (χ4v) is 2.31. The van der Waals surface area contributed by atoms with Gasteiger partial charge in [-0.15, -0.1) is 0 Å².